The Morgan fingerprint density at radius 3 is 2.64 bits per heavy atom. The number of imidazole rings is 1. The molecule has 1 aromatic heterocycles. The van der Waals surface area contributed by atoms with Crippen molar-refractivity contribution in [1.82, 2.24) is 14.9 Å². The first-order valence-electron chi connectivity index (χ1n) is 8.70. The average molecular weight is 331 g/mol. The first-order chi connectivity index (χ1) is 12.3. The highest BCUT2D eigenvalue weighted by atomic mass is 16.2. The summed E-state index contributed by atoms with van der Waals surface area (Å²) < 4.78 is 2.05. The number of nitrogens with one attached hydrogen (secondary N) is 1. The Kier molecular flexibility index (Phi) is 4.34. The Hall–Kier alpha value is -2.88. The monoisotopic (exact) mass is 331 g/mol. The van der Waals surface area contributed by atoms with E-state index in [9.17, 15) is 4.79 Å². The molecule has 0 aliphatic heterocycles. The largest absolute Gasteiger partial charge is 0.352 e. The molecule has 1 saturated carbocycles. The lowest BCUT2D eigenvalue weighted by molar-refractivity contribution is -0.122. The van der Waals surface area contributed by atoms with Gasteiger partial charge in [0.05, 0.1) is 6.33 Å². The van der Waals surface area contributed by atoms with Gasteiger partial charge >= 0.3 is 0 Å². The fourth-order valence-electron chi connectivity index (χ4n) is 3.01. The van der Waals surface area contributed by atoms with Crippen molar-refractivity contribution < 1.29 is 4.79 Å². The summed E-state index contributed by atoms with van der Waals surface area (Å²) in [6.07, 6.45) is 7.65. The smallest absolute Gasteiger partial charge is 0.223 e. The van der Waals surface area contributed by atoms with Crippen LogP contribution in [0.1, 0.15) is 24.0 Å². The molecule has 1 aliphatic rings. The lowest BCUT2D eigenvalue weighted by Gasteiger charge is -2.12. The van der Waals surface area contributed by atoms with Crippen LogP contribution in [-0.2, 0) is 17.9 Å². The zero-order valence-electron chi connectivity index (χ0n) is 14.1. The number of amides is 1. The Bertz CT molecular complexity index is 849. The second kappa shape index (κ2) is 6.93. The fourth-order valence-corrected chi connectivity index (χ4v) is 3.01. The van der Waals surface area contributed by atoms with Crippen molar-refractivity contribution in [1.29, 1.82) is 0 Å². The van der Waals surface area contributed by atoms with Crippen LogP contribution in [0.4, 0.5) is 0 Å². The summed E-state index contributed by atoms with van der Waals surface area (Å²) in [5, 5.41) is 3.06. The molecule has 0 bridgehead atoms. The van der Waals surface area contributed by atoms with Crippen LogP contribution >= 0.6 is 0 Å². The maximum absolute atomic E-state index is 11.9. The lowest BCUT2D eigenvalue weighted by Crippen LogP contribution is -2.24. The molecule has 1 amide bonds. The quantitative estimate of drug-likeness (QED) is 0.750. The highest BCUT2D eigenvalue weighted by Gasteiger charge is 2.29. The average Bonchev–Trinajstić information content (AvgIpc) is 3.38. The van der Waals surface area contributed by atoms with Gasteiger partial charge in [-0.1, -0.05) is 48.5 Å². The number of carbonyl (C=O) groups is 1. The topological polar surface area (TPSA) is 46.9 Å². The number of hydrogen-bond acceptors (Lipinski definition) is 2. The zero-order valence-corrected chi connectivity index (χ0v) is 14.1. The van der Waals surface area contributed by atoms with Crippen LogP contribution < -0.4 is 5.32 Å². The Morgan fingerprint density at radius 2 is 1.92 bits per heavy atom. The van der Waals surface area contributed by atoms with Gasteiger partial charge in [0, 0.05) is 31.4 Å². The summed E-state index contributed by atoms with van der Waals surface area (Å²) in [6.45, 7) is 1.40. The number of aromatic nitrogens is 2. The van der Waals surface area contributed by atoms with Gasteiger partial charge in [-0.15, -0.1) is 0 Å². The standard InChI is InChI=1S/C21H21N3O/c25-21(18-9-10-18)23-13-19-3-1-2-4-20(19)17-7-5-16(6-8-17)14-24-12-11-22-15-24/h1-8,11-12,15,18H,9-10,13-14H2,(H,23,25). The van der Waals surface area contributed by atoms with Crippen molar-refractivity contribution in [2.45, 2.75) is 25.9 Å². The molecule has 2 aromatic carbocycles. The molecule has 0 spiro atoms. The number of carbonyl (C=O) groups excluding carboxylic acids is 1. The minimum Gasteiger partial charge on any atom is -0.352 e. The summed E-state index contributed by atoms with van der Waals surface area (Å²) in [5.74, 6) is 0.431. The minimum absolute atomic E-state index is 0.186. The number of hydrogen-bond donors (Lipinski definition) is 1. The highest BCUT2D eigenvalue weighted by Crippen LogP contribution is 2.29. The summed E-state index contributed by atoms with van der Waals surface area (Å²) in [4.78, 5) is 16.0. The third-order valence-electron chi connectivity index (χ3n) is 4.61. The van der Waals surface area contributed by atoms with Crippen LogP contribution in [0, 0.1) is 5.92 Å². The second-order valence-electron chi connectivity index (χ2n) is 6.58. The van der Waals surface area contributed by atoms with E-state index in [2.05, 4.69) is 51.3 Å². The molecule has 4 rings (SSSR count). The molecule has 0 unspecified atom stereocenters. The molecule has 1 heterocycles. The van der Waals surface area contributed by atoms with Gasteiger partial charge in [0.15, 0.2) is 0 Å². The summed E-state index contributed by atoms with van der Waals surface area (Å²) in [5.41, 5.74) is 4.73. The van der Waals surface area contributed by atoms with Crippen molar-refractivity contribution >= 4 is 5.91 Å². The molecule has 126 valence electrons. The van der Waals surface area contributed by atoms with Gasteiger partial charge in [-0.05, 0) is 35.1 Å². The van der Waals surface area contributed by atoms with Gasteiger partial charge in [0.25, 0.3) is 0 Å². The third kappa shape index (κ3) is 3.79. The molecular weight excluding hydrogens is 310 g/mol. The van der Waals surface area contributed by atoms with Crippen LogP contribution in [0.15, 0.2) is 67.3 Å². The van der Waals surface area contributed by atoms with Crippen molar-refractivity contribution in [3.8, 4) is 11.1 Å². The lowest BCUT2D eigenvalue weighted by atomic mass is 9.98. The van der Waals surface area contributed by atoms with Crippen LogP contribution in [0.5, 0.6) is 0 Å². The molecule has 25 heavy (non-hydrogen) atoms. The molecule has 4 heteroatoms. The molecule has 0 saturated heterocycles. The van der Waals surface area contributed by atoms with Gasteiger partial charge in [0.2, 0.25) is 5.91 Å². The molecule has 3 aromatic rings. The Labute approximate surface area is 147 Å². The van der Waals surface area contributed by atoms with Crippen LogP contribution in [-0.4, -0.2) is 15.5 Å². The molecule has 4 nitrogen and oxygen atoms in total. The molecule has 1 aliphatic carbocycles. The van der Waals surface area contributed by atoms with Gasteiger partial charge < -0.3 is 9.88 Å². The predicted octanol–water partition coefficient (Wildman–Crippen LogP) is 3.62. The first kappa shape index (κ1) is 15.6. The highest BCUT2D eigenvalue weighted by molar-refractivity contribution is 5.81. The normalized spacial score (nSPS) is 13.6. The molecule has 0 atom stereocenters. The SMILES string of the molecule is O=C(NCc1ccccc1-c1ccc(Cn2ccnc2)cc1)C1CC1. The van der Waals surface area contributed by atoms with E-state index in [1.807, 2.05) is 24.7 Å². The van der Waals surface area contributed by atoms with E-state index >= 15 is 0 Å². The number of benzene rings is 2. The summed E-state index contributed by atoms with van der Waals surface area (Å²) >= 11 is 0. The van der Waals surface area contributed by atoms with E-state index in [0.29, 0.717) is 6.54 Å². The van der Waals surface area contributed by atoms with E-state index in [-0.39, 0.29) is 11.8 Å². The van der Waals surface area contributed by atoms with Crippen molar-refractivity contribution in [3.63, 3.8) is 0 Å². The van der Waals surface area contributed by atoms with Crippen molar-refractivity contribution in [3.05, 3.63) is 78.4 Å². The minimum atomic E-state index is 0.186. The Balaban J connectivity index is 1.49. The van der Waals surface area contributed by atoms with Crippen LogP contribution in [0.25, 0.3) is 11.1 Å². The number of nitrogens with zero attached hydrogens (tertiary/aromatic N) is 2. The van der Waals surface area contributed by atoms with Crippen LogP contribution in [0.2, 0.25) is 0 Å². The third-order valence-corrected chi connectivity index (χ3v) is 4.61. The summed E-state index contributed by atoms with van der Waals surface area (Å²) in [7, 11) is 0. The molecule has 0 radical (unpaired) electrons. The maximum atomic E-state index is 11.9. The van der Waals surface area contributed by atoms with Gasteiger partial charge in [-0.2, -0.15) is 0 Å². The molecular formula is C21H21N3O. The van der Waals surface area contributed by atoms with E-state index in [1.165, 1.54) is 16.7 Å². The van der Waals surface area contributed by atoms with Crippen molar-refractivity contribution in [2.75, 3.05) is 0 Å². The van der Waals surface area contributed by atoms with Crippen LogP contribution in [0.3, 0.4) is 0 Å². The number of rotatable bonds is 6. The maximum Gasteiger partial charge on any atom is 0.223 e. The fraction of sp³-hybridized carbons (Fsp3) is 0.238. The molecule has 1 N–H and O–H groups in total. The Morgan fingerprint density at radius 1 is 1.12 bits per heavy atom. The second-order valence-corrected chi connectivity index (χ2v) is 6.58. The zero-order chi connectivity index (χ0) is 17.1. The van der Waals surface area contributed by atoms with Crippen molar-refractivity contribution in [2.24, 2.45) is 5.92 Å². The predicted molar refractivity (Wildman–Crippen MR) is 97.8 cm³/mol. The van der Waals surface area contributed by atoms with E-state index < -0.39 is 0 Å². The van der Waals surface area contributed by atoms with Gasteiger partial charge in [0.1, 0.15) is 0 Å². The van der Waals surface area contributed by atoms with Gasteiger partial charge in [-0.3, -0.25) is 4.79 Å². The summed E-state index contributed by atoms with van der Waals surface area (Å²) in [6, 6.07) is 16.9. The van der Waals surface area contributed by atoms with Gasteiger partial charge in [-0.25, -0.2) is 4.98 Å². The molecule has 1 fully saturated rings. The van der Waals surface area contributed by atoms with E-state index in [1.54, 1.807) is 6.20 Å². The van der Waals surface area contributed by atoms with E-state index in [4.69, 9.17) is 0 Å². The van der Waals surface area contributed by atoms with E-state index in [0.717, 1.165) is 24.9 Å². The first-order valence-corrected chi connectivity index (χ1v) is 8.70.